The first-order valence-corrected chi connectivity index (χ1v) is 3.35. The van der Waals surface area contributed by atoms with Gasteiger partial charge in [-0.15, -0.1) is 0 Å². The number of hydrogen-bond donors (Lipinski definition) is 1. The molecule has 0 aliphatic heterocycles. The van der Waals surface area contributed by atoms with Crippen molar-refractivity contribution in [2.24, 2.45) is 5.92 Å². The predicted molar refractivity (Wildman–Crippen MR) is 35.9 cm³/mol. The van der Waals surface area contributed by atoms with E-state index in [2.05, 4.69) is 19.2 Å². The number of hydrogen-bond acceptors (Lipinski definition) is 1. The van der Waals surface area contributed by atoms with Crippen LogP contribution in [0, 0.1) is 5.92 Å². The van der Waals surface area contributed by atoms with Crippen LogP contribution in [-0.4, -0.2) is 12.6 Å². The molecule has 0 unspecified atom stereocenters. The molecule has 1 N–H and O–H groups in total. The van der Waals surface area contributed by atoms with Crippen molar-refractivity contribution in [3.8, 4) is 0 Å². The highest BCUT2D eigenvalue weighted by molar-refractivity contribution is 4.94. The van der Waals surface area contributed by atoms with Crippen LogP contribution in [0.15, 0.2) is 0 Å². The Kier molecular flexibility index (Phi) is 1.31. The van der Waals surface area contributed by atoms with E-state index < -0.39 is 0 Å². The van der Waals surface area contributed by atoms with Crippen LogP contribution in [-0.2, 0) is 0 Å². The van der Waals surface area contributed by atoms with Gasteiger partial charge >= 0.3 is 0 Å². The summed E-state index contributed by atoms with van der Waals surface area (Å²) in [5.74, 6) is 0.951. The summed E-state index contributed by atoms with van der Waals surface area (Å²) in [5, 5.41) is 3.31. The summed E-state index contributed by atoms with van der Waals surface area (Å²) in [4.78, 5) is 0. The molecular weight excluding hydrogens is 98.1 g/mol. The molecule has 0 aromatic rings. The van der Waals surface area contributed by atoms with Gasteiger partial charge in [-0.05, 0) is 32.7 Å². The molecule has 1 saturated carbocycles. The third-order valence-corrected chi connectivity index (χ3v) is 2.20. The van der Waals surface area contributed by atoms with Gasteiger partial charge in [0.05, 0.1) is 0 Å². The molecule has 1 nitrogen and oxygen atoms in total. The Morgan fingerprint density at radius 3 is 2.12 bits per heavy atom. The first-order valence-electron chi connectivity index (χ1n) is 3.35. The van der Waals surface area contributed by atoms with Gasteiger partial charge in [0, 0.05) is 5.54 Å². The van der Waals surface area contributed by atoms with Crippen LogP contribution in [0.3, 0.4) is 0 Å². The molecule has 0 saturated heterocycles. The molecule has 0 amide bonds. The van der Waals surface area contributed by atoms with Crippen LogP contribution in [0.5, 0.6) is 0 Å². The monoisotopic (exact) mass is 113 g/mol. The lowest BCUT2D eigenvalue weighted by Gasteiger charge is -2.43. The fraction of sp³-hybridized carbons (Fsp3) is 1.00. The van der Waals surface area contributed by atoms with Crippen LogP contribution in [0.25, 0.3) is 0 Å². The van der Waals surface area contributed by atoms with E-state index >= 15 is 0 Å². The van der Waals surface area contributed by atoms with Crippen LogP contribution < -0.4 is 5.32 Å². The first-order chi connectivity index (χ1) is 3.66. The van der Waals surface area contributed by atoms with E-state index in [1.165, 1.54) is 12.8 Å². The van der Waals surface area contributed by atoms with Gasteiger partial charge in [0.25, 0.3) is 0 Å². The van der Waals surface area contributed by atoms with Crippen molar-refractivity contribution in [3.63, 3.8) is 0 Å². The van der Waals surface area contributed by atoms with Gasteiger partial charge in [-0.1, -0.05) is 6.92 Å². The summed E-state index contributed by atoms with van der Waals surface area (Å²) in [5.41, 5.74) is 0.486. The molecule has 0 bridgehead atoms. The Hall–Kier alpha value is -0.0400. The first kappa shape index (κ1) is 6.09. The van der Waals surface area contributed by atoms with Crippen molar-refractivity contribution in [3.05, 3.63) is 0 Å². The topological polar surface area (TPSA) is 12.0 Å². The van der Waals surface area contributed by atoms with Crippen molar-refractivity contribution in [2.75, 3.05) is 7.05 Å². The molecule has 8 heavy (non-hydrogen) atoms. The molecule has 0 atom stereocenters. The quantitative estimate of drug-likeness (QED) is 0.542. The second kappa shape index (κ2) is 1.73. The smallest absolute Gasteiger partial charge is 0.0155 e. The van der Waals surface area contributed by atoms with Crippen molar-refractivity contribution in [2.45, 2.75) is 32.2 Å². The molecule has 1 rings (SSSR count). The largest absolute Gasteiger partial charge is 0.315 e. The average molecular weight is 113 g/mol. The summed E-state index contributed by atoms with van der Waals surface area (Å²) in [6.45, 7) is 4.59. The molecular formula is C7H15N. The zero-order valence-electron chi connectivity index (χ0n) is 5.99. The van der Waals surface area contributed by atoms with Crippen LogP contribution in [0.2, 0.25) is 0 Å². The molecule has 48 valence electrons. The fourth-order valence-electron chi connectivity index (χ4n) is 1.68. The minimum atomic E-state index is 0.486. The molecule has 1 fully saturated rings. The van der Waals surface area contributed by atoms with E-state index in [-0.39, 0.29) is 0 Å². The van der Waals surface area contributed by atoms with Crippen molar-refractivity contribution < 1.29 is 0 Å². The Balaban J connectivity index is 2.30. The lowest BCUT2D eigenvalue weighted by atomic mass is 9.71. The Morgan fingerprint density at radius 2 is 2.00 bits per heavy atom. The third kappa shape index (κ3) is 0.873. The highest BCUT2D eigenvalue weighted by atomic mass is 14.9. The van der Waals surface area contributed by atoms with Gasteiger partial charge in [-0.25, -0.2) is 0 Å². The van der Waals surface area contributed by atoms with Gasteiger partial charge in [-0.3, -0.25) is 0 Å². The van der Waals surface area contributed by atoms with Gasteiger partial charge in [-0.2, -0.15) is 0 Å². The average Bonchev–Trinajstić information content (AvgIpc) is 1.63. The normalized spacial score (nSPS) is 46.1. The molecule has 0 heterocycles. The Labute approximate surface area is 51.5 Å². The van der Waals surface area contributed by atoms with Gasteiger partial charge < -0.3 is 5.32 Å². The summed E-state index contributed by atoms with van der Waals surface area (Å²) in [6.07, 6.45) is 2.70. The van der Waals surface area contributed by atoms with Crippen LogP contribution in [0.4, 0.5) is 0 Å². The molecule has 0 spiro atoms. The lowest BCUT2D eigenvalue weighted by molar-refractivity contribution is 0.146. The second-order valence-electron chi connectivity index (χ2n) is 3.32. The highest BCUT2D eigenvalue weighted by Gasteiger charge is 2.35. The number of rotatable bonds is 1. The summed E-state index contributed by atoms with van der Waals surface area (Å²) in [6, 6.07) is 0. The highest BCUT2D eigenvalue weighted by Crippen LogP contribution is 2.36. The van der Waals surface area contributed by atoms with Gasteiger partial charge in [0.15, 0.2) is 0 Å². The Bertz CT molecular complexity index is 82.4. The molecule has 1 heteroatoms. The molecule has 0 aromatic heterocycles. The van der Waals surface area contributed by atoms with E-state index in [4.69, 9.17) is 0 Å². The zero-order chi connectivity index (χ0) is 6.20. The molecule has 0 aromatic carbocycles. The van der Waals surface area contributed by atoms with E-state index in [9.17, 15) is 0 Å². The third-order valence-electron chi connectivity index (χ3n) is 2.20. The predicted octanol–water partition coefficient (Wildman–Crippen LogP) is 1.39. The van der Waals surface area contributed by atoms with E-state index in [0.29, 0.717) is 5.54 Å². The minimum absolute atomic E-state index is 0.486. The number of nitrogens with one attached hydrogen (secondary N) is 1. The van der Waals surface area contributed by atoms with Crippen molar-refractivity contribution in [1.29, 1.82) is 0 Å². The van der Waals surface area contributed by atoms with E-state index in [1.807, 2.05) is 7.05 Å². The van der Waals surface area contributed by atoms with Gasteiger partial charge in [0.1, 0.15) is 0 Å². The summed E-state index contributed by atoms with van der Waals surface area (Å²) < 4.78 is 0. The SMILES string of the molecule is CNC1(C)CC(C)C1. The lowest BCUT2D eigenvalue weighted by Crippen LogP contribution is -2.50. The van der Waals surface area contributed by atoms with Crippen molar-refractivity contribution in [1.82, 2.24) is 5.32 Å². The second-order valence-corrected chi connectivity index (χ2v) is 3.32. The maximum Gasteiger partial charge on any atom is 0.0155 e. The molecule has 1 aliphatic rings. The minimum Gasteiger partial charge on any atom is -0.315 e. The van der Waals surface area contributed by atoms with E-state index in [1.54, 1.807) is 0 Å². The molecule has 0 radical (unpaired) electrons. The van der Waals surface area contributed by atoms with Crippen LogP contribution in [0.1, 0.15) is 26.7 Å². The summed E-state index contributed by atoms with van der Waals surface area (Å²) in [7, 11) is 2.05. The standard InChI is InChI=1S/C7H15N/c1-6-4-7(2,5-6)8-3/h6,8H,4-5H2,1-3H3. The van der Waals surface area contributed by atoms with E-state index in [0.717, 1.165) is 5.92 Å². The Morgan fingerprint density at radius 1 is 1.50 bits per heavy atom. The maximum atomic E-state index is 3.31. The van der Waals surface area contributed by atoms with Crippen molar-refractivity contribution >= 4 is 0 Å². The summed E-state index contributed by atoms with van der Waals surface area (Å²) >= 11 is 0. The molecule has 1 aliphatic carbocycles. The zero-order valence-corrected chi connectivity index (χ0v) is 5.99. The maximum absolute atomic E-state index is 3.31. The van der Waals surface area contributed by atoms with Gasteiger partial charge in [0.2, 0.25) is 0 Å². The fourth-order valence-corrected chi connectivity index (χ4v) is 1.68. The van der Waals surface area contributed by atoms with Crippen LogP contribution >= 0.6 is 0 Å².